The van der Waals surface area contributed by atoms with Crippen molar-refractivity contribution in [1.82, 2.24) is 10.1 Å². The van der Waals surface area contributed by atoms with E-state index in [2.05, 4.69) is 15.5 Å². The minimum absolute atomic E-state index is 0.0688. The highest BCUT2D eigenvalue weighted by Gasteiger charge is 2.11. The van der Waals surface area contributed by atoms with Crippen molar-refractivity contribution in [2.24, 2.45) is 0 Å². The van der Waals surface area contributed by atoms with Gasteiger partial charge < -0.3 is 19.3 Å². The average molecular weight is 401 g/mol. The number of hydrogen-bond donors (Lipinski definition) is 1. The molecular formula is C23H19N3O4. The van der Waals surface area contributed by atoms with Gasteiger partial charge in [0.1, 0.15) is 11.5 Å². The molecule has 0 fully saturated rings. The van der Waals surface area contributed by atoms with Crippen molar-refractivity contribution in [2.75, 3.05) is 19.0 Å². The summed E-state index contributed by atoms with van der Waals surface area (Å²) in [6.45, 7) is -0.0688. The first-order valence-electron chi connectivity index (χ1n) is 9.27. The monoisotopic (exact) mass is 401 g/mol. The molecule has 0 saturated carbocycles. The van der Waals surface area contributed by atoms with Gasteiger partial charge in [-0.05, 0) is 60.7 Å². The summed E-state index contributed by atoms with van der Waals surface area (Å²) in [4.78, 5) is 16.5. The first-order chi connectivity index (χ1) is 14.7. The van der Waals surface area contributed by atoms with Crippen LogP contribution in [0.15, 0.2) is 83.4 Å². The number of carbonyl (C=O) groups is 1. The van der Waals surface area contributed by atoms with Gasteiger partial charge in [0.05, 0.1) is 7.11 Å². The zero-order chi connectivity index (χ0) is 20.8. The maximum atomic E-state index is 12.1. The summed E-state index contributed by atoms with van der Waals surface area (Å²) in [6.07, 6.45) is 0. The molecule has 1 heterocycles. The van der Waals surface area contributed by atoms with Crippen LogP contribution in [0.3, 0.4) is 0 Å². The van der Waals surface area contributed by atoms with E-state index in [1.165, 1.54) is 0 Å². The number of amides is 1. The van der Waals surface area contributed by atoms with E-state index in [1.54, 1.807) is 43.5 Å². The lowest BCUT2D eigenvalue weighted by molar-refractivity contribution is -0.118. The Bertz CT molecular complexity index is 1110. The Balaban J connectivity index is 1.37. The molecule has 0 saturated heterocycles. The summed E-state index contributed by atoms with van der Waals surface area (Å²) in [5.41, 5.74) is 2.23. The van der Waals surface area contributed by atoms with E-state index in [9.17, 15) is 4.79 Å². The predicted molar refractivity (Wildman–Crippen MR) is 112 cm³/mol. The Kier molecular flexibility index (Phi) is 5.70. The number of para-hydroxylation sites is 1. The lowest BCUT2D eigenvalue weighted by Gasteiger charge is -2.07. The molecule has 3 aromatic carbocycles. The van der Waals surface area contributed by atoms with E-state index >= 15 is 0 Å². The number of carbonyl (C=O) groups excluding carboxylic acids is 1. The Morgan fingerprint density at radius 3 is 2.30 bits per heavy atom. The Morgan fingerprint density at radius 1 is 0.900 bits per heavy atom. The number of aromatic nitrogens is 2. The van der Waals surface area contributed by atoms with Crippen molar-refractivity contribution in [3.63, 3.8) is 0 Å². The molecule has 0 radical (unpaired) electrons. The summed E-state index contributed by atoms with van der Waals surface area (Å²) in [7, 11) is 1.61. The predicted octanol–water partition coefficient (Wildman–Crippen LogP) is 4.43. The van der Waals surface area contributed by atoms with E-state index in [4.69, 9.17) is 14.0 Å². The van der Waals surface area contributed by atoms with E-state index in [-0.39, 0.29) is 12.5 Å². The fourth-order valence-corrected chi connectivity index (χ4v) is 2.76. The van der Waals surface area contributed by atoms with Crippen molar-refractivity contribution in [3.05, 3.63) is 78.9 Å². The number of nitrogens with one attached hydrogen (secondary N) is 1. The van der Waals surface area contributed by atoms with Crippen LogP contribution in [0.25, 0.3) is 22.8 Å². The van der Waals surface area contributed by atoms with Crippen LogP contribution < -0.4 is 14.8 Å². The average Bonchev–Trinajstić information content (AvgIpc) is 3.29. The highest BCUT2D eigenvalue weighted by Crippen LogP contribution is 2.24. The number of rotatable bonds is 7. The van der Waals surface area contributed by atoms with Gasteiger partial charge >= 0.3 is 0 Å². The zero-order valence-electron chi connectivity index (χ0n) is 16.2. The van der Waals surface area contributed by atoms with Gasteiger partial charge in [0.2, 0.25) is 5.82 Å². The van der Waals surface area contributed by atoms with Gasteiger partial charge in [-0.25, -0.2) is 0 Å². The summed E-state index contributed by atoms with van der Waals surface area (Å²) in [5, 5.41) is 6.82. The molecule has 0 unspecified atom stereocenters. The molecule has 7 nitrogen and oxygen atoms in total. The van der Waals surface area contributed by atoms with E-state index in [1.807, 2.05) is 42.5 Å². The van der Waals surface area contributed by atoms with Crippen molar-refractivity contribution in [1.29, 1.82) is 0 Å². The van der Waals surface area contributed by atoms with Gasteiger partial charge in [-0.3, -0.25) is 4.79 Å². The molecule has 4 rings (SSSR count). The SMILES string of the molecule is COc1ccc(-c2noc(-c3ccc(NC(=O)COc4ccccc4)cc3)n2)cc1. The third-order valence-corrected chi connectivity index (χ3v) is 4.30. The lowest BCUT2D eigenvalue weighted by atomic mass is 10.2. The molecule has 7 heteroatoms. The van der Waals surface area contributed by atoms with Crippen molar-refractivity contribution in [2.45, 2.75) is 0 Å². The molecule has 0 aliphatic carbocycles. The molecule has 150 valence electrons. The largest absolute Gasteiger partial charge is 0.497 e. The second kappa shape index (κ2) is 8.91. The highest BCUT2D eigenvalue weighted by atomic mass is 16.5. The molecule has 0 spiro atoms. The van der Waals surface area contributed by atoms with Crippen LogP contribution in [-0.2, 0) is 4.79 Å². The van der Waals surface area contributed by atoms with Crippen LogP contribution in [0.1, 0.15) is 0 Å². The fourth-order valence-electron chi connectivity index (χ4n) is 2.76. The summed E-state index contributed by atoms with van der Waals surface area (Å²) in [5.74, 6) is 2.04. The van der Waals surface area contributed by atoms with Crippen LogP contribution in [0, 0.1) is 0 Å². The van der Waals surface area contributed by atoms with Gasteiger partial charge in [0.15, 0.2) is 6.61 Å². The first-order valence-corrected chi connectivity index (χ1v) is 9.27. The summed E-state index contributed by atoms with van der Waals surface area (Å²) >= 11 is 0. The molecule has 30 heavy (non-hydrogen) atoms. The number of benzene rings is 3. The van der Waals surface area contributed by atoms with Crippen LogP contribution in [-0.4, -0.2) is 29.8 Å². The van der Waals surface area contributed by atoms with Crippen molar-refractivity contribution in [3.8, 4) is 34.3 Å². The molecule has 0 atom stereocenters. The quantitative estimate of drug-likeness (QED) is 0.493. The van der Waals surface area contributed by atoms with Crippen LogP contribution in [0.5, 0.6) is 11.5 Å². The van der Waals surface area contributed by atoms with Crippen molar-refractivity contribution >= 4 is 11.6 Å². The number of methoxy groups -OCH3 is 1. The molecule has 0 bridgehead atoms. The smallest absolute Gasteiger partial charge is 0.262 e. The fraction of sp³-hybridized carbons (Fsp3) is 0.0870. The molecule has 1 amide bonds. The van der Waals surface area contributed by atoms with Crippen LogP contribution in [0.2, 0.25) is 0 Å². The molecule has 1 N–H and O–H groups in total. The molecule has 0 aliphatic rings. The van der Waals surface area contributed by atoms with Gasteiger partial charge in [0, 0.05) is 16.8 Å². The Hall–Kier alpha value is -4.13. The van der Waals surface area contributed by atoms with Gasteiger partial charge in [0.25, 0.3) is 11.8 Å². The number of ether oxygens (including phenoxy) is 2. The first kappa shape index (κ1) is 19.2. The molecule has 0 aliphatic heterocycles. The van der Waals surface area contributed by atoms with Crippen LogP contribution in [0.4, 0.5) is 5.69 Å². The van der Waals surface area contributed by atoms with Crippen LogP contribution >= 0.6 is 0 Å². The number of anilines is 1. The van der Waals surface area contributed by atoms with E-state index in [0.29, 0.717) is 23.2 Å². The minimum Gasteiger partial charge on any atom is -0.497 e. The highest BCUT2D eigenvalue weighted by molar-refractivity contribution is 5.92. The van der Waals surface area contributed by atoms with E-state index in [0.717, 1.165) is 16.9 Å². The zero-order valence-corrected chi connectivity index (χ0v) is 16.2. The van der Waals surface area contributed by atoms with Gasteiger partial charge in [-0.1, -0.05) is 23.4 Å². The maximum absolute atomic E-state index is 12.1. The third kappa shape index (κ3) is 4.64. The maximum Gasteiger partial charge on any atom is 0.262 e. The topological polar surface area (TPSA) is 86.5 Å². The summed E-state index contributed by atoms with van der Waals surface area (Å²) < 4.78 is 16.0. The van der Waals surface area contributed by atoms with Crippen molar-refractivity contribution < 1.29 is 18.8 Å². The molecule has 1 aromatic heterocycles. The Morgan fingerprint density at radius 2 is 1.60 bits per heavy atom. The van der Waals surface area contributed by atoms with Gasteiger partial charge in [-0.15, -0.1) is 0 Å². The Labute approximate surface area is 173 Å². The number of hydrogen-bond acceptors (Lipinski definition) is 6. The molecule has 4 aromatic rings. The van der Waals surface area contributed by atoms with Gasteiger partial charge in [-0.2, -0.15) is 4.98 Å². The standard InChI is InChI=1S/C23H19N3O4/c1-28-19-13-9-16(10-14-19)22-25-23(30-26-22)17-7-11-18(12-8-17)24-21(27)15-29-20-5-3-2-4-6-20/h2-14H,15H2,1H3,(H,24,27). The second-order valence-corrected chi connectivity index (χ2v) is 6.38. The number of nitrogens with zero attached hydrogens (tertiary/aromatic N) is 2. The molecular weight excluding hydrogens is 382 g/mol. The second-order valence-electron chi connectivity index (χ2n) is 6.38. The lowest BCUT2D eigenvalue weighted by Crippen LogP contribution is -2.20. The minimum atomic E-state index is -0.244. The summed E-state index contributed by atoms with van der Waals surface area (Å²) in [6, 6.07) is 23.7. The van der Waals surface area contributed by atoms with E-state index < -0.39 is 0 Å². The normalized spacial score (nSPS) is 10.4. The third-order valence-electron chi connectivity index (χ3n) is 4.30.